The van der Waals surface area contributed by atoms with E-state index in [1.807, 2.05) is 36.4 Å². The average Bonchev–Trinajstić information content (AvgIpc) is 3.23. The zero-order valence-electron chi connectivity index (χ0n) is 20.3. The molecule has 1 aromatic rings. The van der Waals surface area contributed by atoms with Crippen molar-refractivity contribution in [2.45, 2.75) is 53.9 Å². The van der Waals surface area contributed by atoms with E-state index >= 15 is 0 Å². The average molecular weight is 627 g/mol. The Hall–Kier alpha value is -1.19. The molecule has 2 N–H and O–H groups in total. The lowest BCUT2D eigenvalue weighted by Crippen LogP contribution is -2.46. The van der Waals surface area contributed by atoms with E-state index in [-0.39, 0.29) is 48.8 Å². The van der Waals surface area contributed by atoms with Gasteiger partial charge in [-0.05, 0) is 30.2 Å². The molecule has 2 aliphatic rings. The highest BCUT2D eigenvalue weighted by Gasteiger charge is 2.40. The summed E-state index contributed by atoms with van der Waals surface area (Å²) >= 11 is 2.00. The molecule has 5 atom stereocenters. The van der Waals surface area contributed by atoms with Gasteiger partial charge in [0.25, 0.3) is 0 Å². The van der Waals surface area contributed by atoms with E-state index in [2.05, 4.69) is 5.32 Å². The van der Waals surface area contributed by atoms with Gasteiger partial charge in [-0.2, -0.15) is 4.31 Å². The Bertz CT molecular complexity index is 916. The Kier molecular flexibility index (Phi) is 10.4. The molecule has 1 aromatic carbocycles. The monoisotopic (exact) mass is 626 g/mol. The van der Waals surface area contributed by atoms with Crippen LogP contribution in [-0.4, -0.2) is 86.3 Å². The fourth-order valence-electron chi connectivity index (χ4n) is 4.26. The summed E-state index contributed by atoms with van der Waals surface area (Å²) in [6.07, 6.45) is 0.114. The van der Waals surface area contributed by atoms with Gasteiger partial charge < -0.3 is 29.4 Å². The molecule has 2 fully saturated rings. The van der Waals surface area contributed by atoms with Crippen LogP contribution < -0.4 is 10.1 Å². The number of fused-ring (bicyclic) bond motifs is 1. The summed E-state index contributed by atoms with van der Waals surface area (Å²) in [6, 6.07) is 6.19. The molecule has 3 unspecified atom stereocenters. The largest absolute Gasteiger partial charge is 0.497 e. The van der Waals surface area contributed by atoms with Gasteiger partial charge in [0.05, 0.1) is 41.5 Å². The molecule has 0 bridgehead atoms. The number of hydrogen-bond donors (Lipinski definition) is 2. The van der Waals surface area contributed by atoms with Crippen LogP contribution in [0.15, 0.2) is 29.2 Å². The second-order valence-corrected chi connectivity index (χ2v) is 12.5. The SMILES string of the molecule is COc1ccc(S(=O)(=O)N(CC(C)C)CC(CO)C(I)NC(=O)OC2C[C@@H]3OCCO[C@@H]3C2)cc1. The summed E-state index contributed by atoms with van der Waals surface area (Å²) in [4.78, 5) is 12.7. The van der Waals surface area contributed by atoms with Gasteiger partial charge in [-0.25, -0.2) is 13.2 Å². The summed E-state index contributed by atoms with van der Waals surface area (Å²) in [5, 5.41) is 12.8. The van der Waals surface area contributed by atoms with Crippen molar-refractivity contribution < 1.29 is 37.3 Å². The Morgan fingerprint density at radius 1 is 1.17 bits per heavy atom. The number of amides is 1. The van der Waals surface area contributed by atoms with Gasteiger partial charge in [0.2, 0.25) is 10.0 Å². The number of alkyl carbamates (subject to hydrolysis) is 1. The van der Waals surface area contributed by atoms with Crippen LogP contribution in [-0.2, 0) is 24.2 Å². The molecule has 12 heteroatoms. The minimum atomic E-state index is -3.83. The Morgan fingerprint density at radius 2 is 1.77 bits per heavy atom. The second-order valence-electron chi connectivity index (χ2n) is 9.20. The van der Waals surface area contributed by atoms with E-state index in [9.17, 15) is 18.3 Å². The standard InChI is InChI=1S/C23H35IN2O8S/c1-15(2)12-26(35(29,30)19-6-4-17(31-3)5-7-19)13-16(14-27)22(24)25-23(28)34-18-10-20-21(11-18)33-9-8-32-20/h4-7,15-16,18,20-22,27H,8-14H2,1-3H3,(H,25,28)/t16?,18?,20-,21+,22?. The number of aliphatic hydroxyl groups excluding tert-OH is 1. The molecule has 198 valence electrons. The lowest BCUT2D eigenvalue weighted by Gasteiger charge is -2.30. The Balaban J connectivity index is 1.62. The highest BCUT2D eigenvalue weighted by molar-refractivity contribution is 14.1. The third-order valence-corrected chi connectivity index (χ3v) is 9.21. The smallest absolute Gasteiger partial charge is 0.408 e. The van der Waals surface area contributed by atoms with E-state index in [4.69, 9.17) is 18.9 Å². The molecule has 1 heterocycles. The molecule has 0 radical (unpaired) electrons. The number of methoxy groups -OCH3 is 1. The normalized spacial score (nSPS) is 24.1. The van der Waals surface area contributed by atoms with Crippen molar-refractivity contribution in [3.63, 3.8) is 0 Å². The van der Waals surface area contributed by atoms with Crippen LogP contribution in [0.5, 0.6) is 5.75 Å². The first kappa shape index (κ1) is 28.4. The maximum Gasteiger partial charge on any atom is 0.408 e. The summed E-state index contributed by atoms with van der Waals surface area (Å²) in [6.45, 7) is 4.93. The number of benzene rings is 1. The van der Waals surface area contributed by atoms with E-state index in [0.29, 0.717) is 31.8 Å². The predicted octanol–water partition coefficient (Wildman–Crippen LogP) is 2.38. The molecular formula is C23H35IN2O8S. The number of carbonyl (C=O) groups excluding carboxylic acids is 1. The number of carbonyl (C=O) groups is 1. The molecular weight excluding hydrogens is 591 g/mol. The number of aliphatic hydroxyl groups is 1. The van der Waals surface area contributed by atoms with Gasteiger partial charge in [0.1, 0.15) is 11.9 Å². The van der Waals surface area contributed by atoms with E-state index in [1.165, 1.54) is 23.5 Å². The fourth-order valence-corrected chi connectivity index (χ4v) is 6.63. The predicted molar refractivity (Wildman–Crippen MR) is 137 cm³/mol. The zero-order chi connectivity index (χ0) is 25.6. The number of ether oxygens (including phenoxy) is 4. The minimum Gasteiger partial charge on any atom is -0.497 e. The molecule has 1 saturated carbocycles. The Morgan fingerprint density at radius 3 is 2.29 bits per heavy atom. The first-order chi connectivity index (χ1) is 16.6. The first-order valence-corrected chi connectivity index (χ1v) is 14.4. The summed E-state index contributed by atoms with van der Waals surface area (Å²) in [5.41, 5.74) is 0. The van der Waals surface area contributed by atoms with Crippen LogP contribution >= 0.6 is 22.6 Å². The van der Waals surface area contributed by atoms with Gasteiger partial charge in [0.15, 0.2) is 0 Å². The second kappa shape index (κ2) is 12.9. The van der Waals surface area contributed by atoms with Gasteiger partial charge in [-0.1, -0.05) is 36.4 Å². The molecule has 1 aliphatic heterocycles. The van der Waals surface area contributed by atoms with Crippen molar-refractivity contribution >= 4 is 38.7 Å². The highest BCUT2D eigenvalue weighted by atomic mass is 127. The quantitative estimate of drug-likeness (QED) is 0.218. The van der Waals surface area contributed by atoms with Gasteiger partial charge in [0, 0.05) is 38.5 Å². The summed E-state index contributed by atoms with van der Waals surface area (Å²) in [5.74, 6) is 0.0679. The summed E-state index contributed by atoms with van der Waals surface area (Å²) in [7, 11) is -2.31. The number of nitrogens with one attached hydrogen (secondary N) is 1. The van der Waals surface area contributed by atoms with E-state index < -0.39 is 26.1 Å². The van der Waals surface area contributed by atoms with Crippen LogP contribution in [0.2, 0.25) is 0 Å². The van der Waals surface area contributed by atoms with Crippen molar-refractivity contribution in [3.8, 4) is 5.75 Å². The van der Waals surface area contributed by atoms with Crippen LogP contribution in [0.25, 0.3) is 0 Å². The molecule has 0 spiro atoms. The molecule has 3 rings (SSSR count). The molecule has 1 amide bonds. The van der Waals surface area contributed by atoms with Crippen molar-refractivity contribution in [1.29, 1.82) is 0 Å². The lowest BCUT2D eigenvalue weighted by molar-refractivity contribution is -0.124. The van der Waals surface area contributed by atoms with E-state index in [1.54, 1.807) is 12.1 Å². The van der Waals surface area contributed by atoms with Crippen molar-refractivity contribution in [3.05, 3.63) is 24.3 Å². The van der Waals surface area contributed by atoms with Crippen LogP contribution in [0.3, 0.4) is 0 Å². The molecule has 10 nitrogen and oxygen atoms in total. The number of sulfonamides is 1. The third kappa shape index (κ3) is 7.65. The molecule has 0 aromatic heterocycles. The van der Waals surface area contributed by atoms with Crippen molar-refractivity contribution in [2.75, 3.05) is 40.0 Å². The number of rotatable bonds is 11. The van der Waals surface area contributed by atoms with Crippen LogP contribution in [0, 0.1) is 11.8 Å². The van der Waals surface area contributed by atoms with Gasteiger partial charge >= 0.3 is 6.09 Å². The number of halogens is 1. The third-order valence-electron chi connectivity index (χ3n) is 6.03. The number of nitrogens with zero attached hydrogens (tertiary/aromatic N) is 1. The summed E-state index contributed by atoms with van der Waals surface area (Å²) < 4.78 is 49.6. The maximum atomic E-state index is 13.4. The molecule has 35 heavy (non-hydrogen) atoms. The highest BCUT2D eigenvalue weighted by Crippen LogP contribution is 2.30. The van der Waals surface area contributed by atoms with Crippen molar-refractivity contribution in [1.82, 2.24) is 9.62 Å². The lowest BCUT2D eigenvalue weighted by atomic mass is 10.1. The number of hydrogen-bond acceptors (Lipinski definition) is 8. The fraction of sp³-hybridized carbons (Fsp3) is 0.696. The van der Waals surface area contributed by atoms with Crippen molar-refractivity contribution in [2.24, 2.45) is 11.8 Å². The van der Waals surface area contributed by atoms with Gasteiger partial charge in [-0.15, -0.1) is 0 Å². The van der Waals surface area contributed by atoms with E-state index in [0.717, 1.165) is 0 Å². The molecule has 1 saturated heterocycles. The maximum absolute atomic E-state index is 13.4. The zero-order valence-corrected chi connectivity index (χ0v) is 23.2. The Labute approximate surface area is 220 Å². The number of alkyl halides is 1. The minimum absolute atomic E-state index is 0.0339. The first-order valence-electron chi connectivity index (χ1n) is 11.7. The molecule has 1 aliphatic carbocycles. The van der Waals surface area contributed by atoms with Gasteiger partial charge in [-0.3, -0.25) is 0 Å². The topological polar surface area (TPSA) is 124 Å². The van der Waals surface area contributed by atoms with Crippen LogP contribution in [0.1, 0.15) is 26.7 Å². The van der Waals surface area contributed by atoms with Crippen LogP contribution in [0.4, 0.5) is 4.79 Å².